The standard InChI is InChI=1S/C9H15NO4/c1-6(11)13-5-8-3-10-4-9(8)14-7(2)12/h8-10H,3-5H2,1-2H3/t8-,9+/m1/s1. The molecule has 0 aromatic heterocycles. The molecule has 0 amide bonds. The highest BCUT2D eigenvalue weighted by Crippen LogP contribution is 2.13. The molecule has 0 aromatic rings. The number of hydrogen-bond donors (Lipinski definition) is 1. The van der Waals surface area contributed by atoms with Crippen LogP contribution in [0, 0.1) is 5.92 Å². The molecule has 0 aliphatic carbocycles. The normalized spacial score (nSPS) is 25.9. The quantitative estimate of drug-likeness (QED) is 0.635. The molecule has 1 N–H and O–H groups in total. The van der Waals surface area contributed by atoms with Gasteiger partial charge in [0.05, 0.1) is 6.61 Å². The van der Waals surface area contributed by atoms with E-state index in [4.69, 9.17) is 9.47 Å². The predicted molar refractivity (Wildman–Crippen MR) is 48.5 cm³/mol. The Labute approximate surface area is 82.8 Å². The molecule has 0 radical (unpaired) electrons. The lowest BCUT2D eigenvalue weighted by Gasteiger charge is -2.17. The molecule has 0 unspecified atom stereocenters. The average molecular weight is 201 g/mol. The summed E-state index contributed by atoms with van der Waals surface area (Å²) in [5, 5.41) is 3.08. The van der Waals surface area contributed by atoms with Crippen LogP contribution in [-0.4, -0.2) is 37.7 Å². The van der Waals surface area contributed by atoms with E-state index in [1.807, 2.05) is 0 Å². The van der Waals surface area contributed by atoms with Crippen molar-refractivity contribution in [1.82, 2.24) is 5.32 Å². The van der Waals surface area contributed by atoms with Gasteiger partial charge in [-0.2, -0.15) is 0 Å². The van der Waals surface area contributed by atoms with Crippen molar-refractivity contribution in [2.75, 3.05) is 19.7 Å². The molecule has 5 heteroatoms. The van der Waals surface area contributed by atoms with E-state index in [1.165, 1.54) is 13.8 Å². The summed E-state index contributed by atoms with van der Waals surface area (Å²) in [5.74, 6) is -0.534. The van der Waals surface area contributed by atoms with Gasteiger partial charge in [-0.1, -0.05) is 0 Å². The molecule has 2 atom stereocenters. The Bertz CT molecular complexity index is 229. The van der Waals surface area contributed by atoms with E-state index in [2.05, 4.69) is 5.32 Å². The van der Waals surface area contributed by atoms with E-state index in [9.17, 15) is 9.59 Å². The second-order valence-corrected chi connectivity index (χ2v) is 3.37. The SMILES string of the molecule is CC(=O)OC[C@H]1CNC[C@@H]1OC(C)=O. The topological polar surface area (TPSA) is 64.6 Å². The van der Waals surface area contributed by atoms with Crippen molar-refractivity contribution in [1.29, 1.82) is 0 Å². The summed E-state index contributed by atoms with van der Waals surface area (Å²) in [6.45, 7) is 4.39. The van der Waals surface area contributed by atoms with Crippen LogP contribution < -0.4 is 5.32 Å². The van der Waals surface area contributed by atoms with Crippen molar-refractivity contribution in [2.24, 2.45) is 5.92 Å². The summed E-state index contributed by atoms with van der Waals surface area (Å²) in [4.78, 5) is 21.3. The van der Waals surface area contributed by atoms with Gasteiger partial charge in [0, 0.05) is 32.9 Å². The molecule has 1 fully saturated rings. The average Bonchev–Trinajstić information content (AvgIpc) is 2.47. The fourth-order valence-electron chi connectivity index (χ4n) is 1.45. The Morgan fingerprint density at radius 2 is 2.00 bits per heavy atom. The second kappa shape index (κ2) is 4.95. The van der Waals surface area contributed by atoms with E-state index in [1.54, 1.807) is 0 Å². The highest BCUT2D eigenvalue weighted by Gasteiger charge is 2.30. The van der Waals surface area contributed by atoms with E-state index >= 15 is 0 Å². The number of nitrogens with one attached hydrogen (secondary N) is 1. The summed E-state index contributed by atoms with van der Waals surface area (Å²) in [7, 11) is 0. The lowest BCUT2D eigenvalue weighted by atomic mass is 10.1. The number of carbonyl (C=O) groups is 2. The van der Waals surface area contributed by atoms with Crippen molar-refractivity contribution in [3.8, 4) is 0 Å². The van der Waals surface area contributed by atoms with Crippen LogP contribution in [0.4, 0.5) is 0 Å². The first-order valence-electron chi connectivity index (χ1n) is 4.61. The van der Waals surface area contributed by atoms with Gasteiger partial charge in [0.15, 0.2) is 0 Å². The number of rotatable bonds is 3. The third kappa shape index (κ3) is 3.33. The molecule has 1 heterocycles. The van der Waals surface area contributed by atoms with Gasteiger partial charge >= 0.3 is 11.9 Å². The molecule has 1 aliphatic rings. The maximum atomic E-state index is 10.7. The van der Waals surface area contributed by atoms with Gasteiger partial charge < -0.3 is 14.8 Å². The third-order valence-electron chi connectivity index (χ3n) is 2.10. The van der Waals surface area contributed by atoms with Crippen LogP contribution in [0.5, 0.6) is 0 Å². The van der Waals surface area contributed by atoms with Crippen LogP contribution in [0.25, 0.3) is 0 Å². The van der Waals surface area contributed by atoms with Crippen LogP contribution in [0.2, 0.25) is 0 Å². The fourth-order valence-corrected chi connectivity index (χ4v) is 1.45. The van der Waals surface area contributed by atoms with E-state index in [0.717, 1.165) is 0 Å². The van der Waals surface area contributed by atoms with Crippen LogP contribution in [-0.2, 0) is 19.1 Å². The minimum atomic E-state index is -0.307. The lowest BCUT2D eigenvalue weighted by Crippen LogP contribution is -2.28. The molecule has 0 bridgehead atoms. The summed E-state index contributed by atoms with van der Waals surface area (Å²) in [6, 6.07) is 0. The summed E-state index contributed by atoms with van der Waals surface area (Å²) < 4.78 is 9.93. The molecular weight excluding hydrogens is 186 g/mol. The van der Waals surface area contributed by atoms with Crippen LogP contribution in [0.15, 0.2) is 0 Å². The third-order valence-corrected chi connectivity index (χ3v) is 2.10. The zero-order valence-corrected chi connectivity index (χ0v) is 8.41. The zero-order valence-electron chi connectivity index (χ0n) is 8.41. The minimum Gasteiger partial charge on any atom is -0.465 e. The van der Waals surface area contributed by atoms with Crippen molar-refractivity contribution in [3.05, 3.63) is 0 Å². The molecule has 0 spiro atoms. The van der Waals surface area contributed by atoms with Crippen molar-refractivity contribution in [2.45, 2.75) is 20.0 Å². The molecular formula is C9H15NO4. The molecule has 0 aromatic carbocycles. The first kappa shape index (κ1) is 11.0. The Morgan fingerprint density at radius 3 is 2.57 bits per heavy atom. The molecule has 1 aliphatic heterocycles. The maximum Gasteiger partial charge on any atom is 0.302 e. The van der Waals surface area contributed by atoms with Crippen LogP contribution in [0.3, 0.4) is 0 Å². The van der Waals surface area contributed by atoms with Gasteiger partial charge in [0.25, 0.3) is 0 Å². The molecule has 1 saturated heterocycles. The lowest BCUT2D eigenvalue weighted by molar-refractivity contribution is -0.150. The van der Waals surface area contributed by atoms with Gasteiger partial charge in [0.1, 0.15) is 6.10 Å². The van der Waals surface area contributed by atoms with Crippen molar-refractivity contribution < 1.29 is 19.1 Å². The van der Waals surface area contributed by atoms with E-state index < -0.39 is 0 Å². The number of hydrogen-bond acceptors (Lipinski definition) is 5. The zero-order chi connectivity index (χ0) is 10.6. The minimum absolute atomic E-state index is 0.0720. The molecule has 1 rings (SSSR count). The summed E-state index contributed by atoms with van der Waals surface area (Å²) in [6.07, 6.45) is -0.174. The maximum absolute atomic E-state index is 10.7. The Balaban J connectivity index is 2.35. The molecule has 5 nitrogen and oxygen atoms in total. The van der Waals surface area contributed by atoms with Gasteiger partial charge in [-0.05, 0) is 0 Å². The molecule has 80 valence electrons. The van der Waals surface area contributed by atoms with Gasteiger partial charge in [-0.3, -0.25) is 9.59 Å². The molecule has 14 heavy (non-hydrogen) atoms. The monoisotopic (exact) mass is 201 g/mol. The first-order chi connectivity index (χ1) is 6.59. The highest BCUT2D eigenvalue weighted by molar-refractivity contribution is 5.66. The predicted octanol–water partition coefficient (Wildman–Crippen LogP) is -0.299. The summed E-state index contributed by atoms with van der Waals surface area (Å²) >= 11 is 0. The van der Waals surface area contributed by atoms with Crippen LogP contribution >= 0.6 is 0 Å². The van der Waals surface area contributed by atoms with Gasteiger partial charge in [-0.15, -0.1) is 0 Å². The summed E-state index contributed by atoms with van der Waals surface area (Å²) in [5.41, 5.74) is 0. The first-order valence-corrected chi connectivity index (χ1v) is 4.61. The van der Waals surface area contributed by atoms with Crippen molar-refractivity contribution >= 4 is 11.9 Å². The number of carbonyl (C=O) groups excluding carboxylic acids is 2. The Hall–Kier alpha value is -1.10. The Kier molecular flexibility index (Phi) is 3.88. The number of ether oxygens (including phenoxy) is 2. The van der Waals surface area contributed by atoms with Crippen molar-refractivity contribution in [3.63, 3.8) is 0 Å². The largest absolute Gasteiger partial charge is 0.465 e. The van der Waals surface area contributed by atoms with Gasteiger partial charge in [-0.25, -0.2) is 0 Å². The van der Waals surface area contributed by atoms with E-state index in [-0.39, 0.29) is 24.0 Å². The highest BCUT2D eigenvalue weighted by atomic mass is 16.6. The van der Waals surface area contributed by atoms with Crippen LogP contribution in [0.1, 0.15) is 13.8 Å². The smallest absolute Gasteiger partial charge is 0.302 e. The second-order valence-electron chi connectivity index (χ2n) is 3.37. The number of esters is 2. The Morgan fingerprint density at radius 1 is 1.29 bits per heavy atom. The van der Waals surface area contributed by atoms with E-state index in [0.29, 0.717) is 19.7 Å². The van der Waals surface area contributed by atoms with Gasteiger partial charge in [0.2, 0.25) is 0 Å². The molecule has 0 saturated carbocycles. The fraction of sp³-hybridized carbons (Fsp3) is 0.778.